The van der Waals surface area contributed by atoms with Crippen LogP contribution in [0.5, 0.6) is 5.75 Å². The fraction of sp³-hybridized carbons (Fsp3) is 0.704. The van der Waals surface area contributed by atoms with Gasteiger partial charge in [-0.15, -0.1) is 0 Å². The molecule has 1 aliphatic rings. The fourth-order valence-corrected chi connectivity index (χ4v) is 3.26. The first-order valence-electron chi connectivity index (χ1n) is 12.6. The molecule has 0 aromatic heterocycles. The Labute approximate surface area is 204 Å². The van der Waals surface area contributed by atoms with Gasteiger partial charge >= 0.3 is 0 Å². The largest absolute Gasteiger partial charge is 0.455 e. The minimum Gasteiger partial charge on any atom is -0.455 e. The molecule has 1 fully saturated rings. The monoisotopic (exact) mass is 486 g/mol. The SMILES string of the molecule is CC.CCCOCCOCCOCCOCCC(Oc1c(F)c(C)c(C)c(C)c1F)=C1CCC1. The van der Waals surface area contributed by atoms with E-state index in [0.29, 0.717) is 75.1 Å². The quantitative estimate of drug-likeness (QED) is 0.195. The van der Waals surface area contributed by atoms with Crippen molar-refractivity contribution in [3.63, 3.8) is 0 Å². The van der Waals surface area contributed by atoms with Crippen molar-refractivity contribution in [2.75, 3.05) is 52.9 Å². The first-order valence-corrected chi connectivity index (χ1v) is 12.6. The molecule has 0 bridgehead atoms. The highest BCUT2D eigenvalue weighted by Crippen LogP contribution is 2.36. The number of allylic oxidation sites excluding steroid dienone is 1. The average Bonchev–Trinajstić information content (AvgIpc) is 2.82. The molecule has 0 aliphatic heterocycles. The number of hydrogen-bond donors (Lipinski definition) is 0. The first kappa shape index (κ1) is 30.5. The zero-order valence-corrected chi connectivity index (χ0v) is 22.0. The minimum absolute atomic E-state index is 0.302. The molecule has 1 aromatic rings. The maximum Gasteiger partial charge on any atom is 0.198 e. The summed E-state index contributed by atoms with van der Waals surface area (Å²) in [5.41, 5.74) is 2.56. The number of benzene rings is 1. The summed E-state index contributed by atoms with van der Waals surface area (Å²) in [6.45, 7) is 15.3. The molecule has 0 amide bonds. The van der Waals surface area contributed by atoms with Crippen molar-refractivity contribution in [3.8, 4) is 5.75 Å². The van der Waals surface area contributed by atoms with Crippen LogP contribution in [-0.2, 0) is 18.9 Å². The summed E-state index contributed by atoms with van der Waals surface area (Å²) in [5.74, 6) is -0.937. The van der Waals surface area contributed by atoms with Crippen molar-refractivity contribution < 1.29 is 32.5 Å². The van der Waals surface area contributed by atoms with E-state index in [1.54, 1.807) is 20.8 Å². The molecule has 5 nitrogen and oxygen atoms in total. The average molecular weight is 487 g/mol. The van der Waals surface area contributed by atoms with Crippen LogP contribution in [0.2, 0.25) is 0 Å². The summed E-state index contributed by atoms with van der Waals surface area (Å²) in [6, 6.07) is 0. The summed E-state index contributed by atoms with van der Waals surface area (Å²) >= 11 is 0. The van der Waals surface area contributed by atoms with Crippen LogP contribution in [0.15, 0.2) is 11.3 Å². The topological polar surface area (TPSA) is 46.2 Å². The zero-order valence-electron chi connectivity index (χ0n) is 22.0. The van der Waals surface area contributed by atoms with E-state index in [4.69, 9.17) is 23.7 Å². The molecule has 2 rings (SSSR count). The van der Waals surface area contributed by atoms with E-state index in [0.717, 1.165) is 37.9 Å². The van der Waals surface area contributed by atoms with E-state index >= 15 is 0 Å². The van der Waals surface area contributed by atoms with Gasteiger partial charge in [-0.25, -0.2) is 8.78 Å². The first-order chi connectivity index (χ1) is 16.5. The Morgan fingerprint density at radius 3 is 1.53 bits per heavy atom. The third kappa shape index (κ3) is 9.98. The highest BCUT2D eigenvalue weighted by molar-refractivity contribution is 5.44. The highest BCUT2D eigenvalue weighted by Gasteiger charge is 2.23. The second-order valence-electron chi connectivity index (χ2n) is 8.01. The number of halogens is 2. The number of rotatable bonds is 16. The van der Waals surface area contributed by atoms with E-state index in [-0.39, 0.29) is 5.75 Å². The molecule has 0 radical (unpaired) electrons. The van der Waals surface area contributed by atoms with Crippen LogP contribution in [0.4, 0.5) is 8.78 Å². The van der Waals surface area contributed by atoms with Gasteiger partial charge in [0.2, 0.25) is 0 Å². The van der Waals surface area contributed by atoms with Crippen LogP contribution in [0.25, 0.3) is 0 Å². The van der Waals surface area contributed by atoms with Gasteiger partial charge in [-0.05, 0) is 68.7 Å². The predicted molar refractivity (Wildman–Crippen MR) is 132 cm³/mol. The van der Waals surface area contributed by atoms with Gasteiger partial charge in [-0.1, -0.05) is 20.8 Å². The van der Waals surface area contributed by atoms with Gasteiger partial charge in [0, 0.05) is 13.0 Å². The Balaban J connectivity index is 0.00000281. The van der Waals surface area contributed by atoms with Crippen LogP contribution in [-0.4, -0.2) is 52.9 Å². The van der Waals surface area contributed by atoms with Crippen LogP contribution < -0.4 is 4.74 Å². The van der Waals surface area contributed by atoms with Crippen molar-refractivity contribution in [1.82, 2.24) is 0 Å². The third-order valence-electron chi connectivity index (χ3n) is 5.70. The molecule has 0 atom stereocenters. The van der Waals surface area contributed by atoms with Crippen molar-refractivity contribution in [3.05, 3.63) is 39.7 Å². The molecule has 0 saturated heterocycles. The summed E-state index contributed by atoms with van der Waals surface area (Å²) in [4.78, 5) is 0. The summed E-state index contributed by atoms with van der Waals surface area (Å²) < 4.78 is 57.0. The van der Waals surface area contributed by atoms with Crippen molar-refractivity contribution >= 4 is 0 Å². The lowest BCUT2D eigenvalue weighted by Gasteiger charge is -2.23. The minimum atomic E-state index is -0.628. The van der Waals surface area contributed by atoms with Gasteiger partial charge in [0.15, 0.2) is 17.4 Å². The maximum atomic E-state index is 14.7. The molecule has 0 unspecified atom stereocenters. The van der Waals surface area contributed by atoms with E-state index in [1.165, 1.54) is 0 Å². The second-order valence-corrected chi connectivity index (χ2v) is 8.01. The molecule has 1 aromatic carbocycles. The molecule has 0 heterocycles. The van der Waals surface area contributed by atoms with Gasteiger partial charge in [0.05, 0.1) is 46.2 Å². The van der Waals surface area contributed by atoms with Crippen molar-refractivity contribution in [2.45, 2.75) is 73.6 Å². The zero-order chi connectivity index (χ0) is 25.3. The van der Waals surface area contributed by atoms with Gasteiger partial charge in [0.1, 0.15) is 5.76 Å². The van der Waals surface area contributed by atoms with Crippen LogP contribution in [0.1, 0.15) is 69.6 Å². The van der Waals surface area contributed by atoms with Crippen molar-refractivity contribution in [2.24, 2.45) is 0 Å². The van der Waals surface area contributed by atoms with E-state index < -0.39 is 11.6 Å². The lowest BCUT2D eigenvalue weighted by atomic mass is 9.90. The lowest BCUT2D eigenvalue weighted by molar-refractivity contribution is -0.00190. The van der Waals surface area contributed by atoms with Gasteiger partial charge in [0.25, 0.3) is 0 Å². The Kier molecular flexibility index (Phi) is 16.0. The van der Waals surface area contributed by atoms with Crippen molar-refractivity contribution in [1.29, 1.82) is 0 Å². The predicted octanol–water partition coefficient (Wildman–Crippen LogP) is 6.60. The Morgan fingerprint density at radius 1 is 0.676 bits per heavy atom. The maximum absolute atomic E-state index is 14.7. The van der Waals surface area contributed by atoms with E-state index in [2.05, 4.69) is 6.92 Å². The van der Waals surface area contributed by atoms with Gasteiger partial charge in [-0.3, -0.25) is 0 Å². The molecule has 1 aliphatic carbocycles. The Bertz CT molecular complexity index is 714. The molecule has 0 N–H and O–H groups in total. The summed E-state index contributed by atoms with van der Waals surface area (Å²) in [7, 11) is 0. The highest BCUT2D eigenvalue weighted by atomic mass is 19.1. The van der Waals surface area contributed by atoms with Gasteiger partial charge in [-0.2, -0.15) is 0 Å². The Hall–Kier alpha value is -1.54. The molecular formula is C27H44F2O5. The van der Waals surface area contributed by atoms with Crippen LogP contribution >= 0.6 is 0 Å². The smallest absolute Gasteiger partial charge is 0.198 e. The number of hydrogen-bond acceptors (Lipinski definition) is 5. The third-order valence-corrected chi connectivity index (χ3v) is 5.70. The molecule has 1 saturated carbocycles. The normalized spacial score (nSPS) is 12.8. The van der Waals surface area contributed by atoms with Crippen LogP contribution in [0.3, 0.4) is 0 Å². The Morgan fingerprint density at radius 2 is 1.12 bits per heavy atom. The standard InChI is InChI=1S/C25H38F2O5.C2H6/c1-5-10-28-12-14-30-16-17-31-15-13-29-11-9-22(21-7-6-8-21)32-25-23(26)19(3)18(2)20(4)24(25)27;1-2/h5-17H2,1-4H3;1-2H3. The van der Waals surface area contributed by atoms with E-state index in [9.17, 15) is 8.78 Å². The number of ether oxygens (including phenoxy) is 5. The molecule has 196 valence electrons. The molecular weight excluding hydrogens is 442 g/mol. The van der Waals surface area contributed by atoms with Gasteiger partial charge < -0.3 is 23.7 Å². The summed E-state index contributed by atoms with van der Waals surface area (Å²) in [5, 5.41) is 0. The molecule has 7 heteroatoms. The van der Waals surface area contributed by atoms with Crippen LogP contribution in [0, 0.1) is 32.4 Å². The summed E-state index contributed by atoms with van der Waals surface area (Å²) in [6.07, 6.45) is 4.35. The fourth-order valence-electron chi connectivity index (χ4n) is 3.26. The van der Waals surface area contributed by atoms with E-state index in [1.807, 2.05) is 13.8 Å². The molecule has 0 spiro atoms. The molecule has 34 heavy (non-hydrogen) atoms. The second kappa shape index (κ2) is 17.8. The lowest BCUT2D eigenvalue weighted by Crippen LogP contribution is -2.14.